The first-order chi connectivity index (χ1) is 11.4. The average molecular weight is 331 g/mol. The van der Waals surface area contributed by atoms with E-state index in [1.165, 1.54) is 0 Å². The summed E-state index contributed by atoms with van der Waals surface area (Å²) in [5.74, 6) is -0.866. The number of ether oxygens (including phenoxy) is 1. The summed E-state index contributed by atoms with van der Waals surface area (Å²) in [6.45, 7) is 1.61. The van der Waals surface area contributed by atoms with Crippen LogP contribution < -0.4 is 5.32 Å². The normalized spacial score (nSPS) is 10.0. The Labute approximate surface area is 136 Å². The SMILES string of the molecule is CCOC(=O)c1cc([N+](=O)[O-])c(Nc2ccccc2)c([N+](=O)[O-])c1. The van der Waals surface area contributed by atoms with Crippen LogP contribution in [0.4, 0.5) is 22.7 Å². The molecule has 0 unspecified atom stereocenters. The molecule has 2 aromatic rings. The molecular formula is C15H13N3O6. The average Bonchev–Trinajstić information content (AvgIpc) is 2.55. The molecule has 9 heteroatoms. The van der Waals surface area contributed by atoms with Gasteiger partial charge in [0.15, 0.2) is 5.69 Å². The summed E-state index contributed by atoms with van der Waals surface area (Å²) in [7, 11) is 0. The van der Waals surface area contributed by atoms with Crippen LogP contribution >= 0.6 is 0 Å². The molecule has 0 aliphatic carbocycles. The fourth-order valence-electron chi connectivity index (χ4n) is 2.03. The van der Waals surface area contributed by atoms with E-state index in [2.05, 4.69) is 5.32 Å². The molecule has 0 aromatic heterocycles. The molecule has 0 atom stereocenters. The molecular weight excluding hydrogens is 318 g/mol. The van der Waals surface area contributed by atoms with Gasteiger partial charge in [-0.25, -0.2) is 4.79 Å². The van der Waals surface area contributed by atoms with E-state index in [9.17, 15) is 25.0 Å². The van der Waals surface area contributed by atoms with Gasteiger partial charge in [-0.05, 0) is 19.1 Å². The lowest BCUT2D eigenvalue weighted by atomic mass is 10.1. The van der Waals surface area contributed by atoms with Crippen molar-refractivity contribution in [3.05, 3.63) is 68.3 Å². The molecule has 2 aromatic carbocycles. The van der Waals surface area contributed by atoms with Gasteiger partial charge in [-0.2, -0.15) is 0 Å². The molecule has 0 heterocycles. The Balaban J connectivity index is 2.60. The third-order valence-electron chi connectivity index (χ3n) is 3.04. The van der Waals surface area contributed by atoms with Gasteiger partial charge in [-0.15, -0.1) is 0 Å². The van der Waals surface area contributed by atoms with E-state index in [1.54, 1.807) is 37.3 Å². The van der Waals surface area contributed by atoms with Crippen molar-refractivity contribution in [2.45, 2.75) is 6.92 Å². The lowest BCUT2D eigenvalue weighted by Gasteiger charge is -2.09. The zero-order valence-corrected chi connectivity index (χ0v) is 12.6. The number of carbonyl (C=O) groups is 1. The highest BCUT2D eigenvalue weighted by Gasteiger charge is 2.29. The molecule has 0 aliphatic rings. The summed E-state index contributed by atoms with van der Waals surface area (Å²) in [5.41, 5.74) is -1.29. The zero-order chi connectivity index (χ0) is 17.7. The van der Waals surface area contributed by atoms with Crippen LogP contribution in [0.2, 0.25) is 0 Å². The highest BCUT2D eigenvalue weighted by atomic mass is 16.6. The molecule has 9 nitrogen and oxygen atoms in total. The number of hydrogen-bond acceptors (Lipinski definition) is 7. The number of nitro benzene ring substituents is 2. The number of para-hydroxylation sites is 1. The standard InChI is InChI=1S/C15H13N3O6/c1-2-24-15(19)10-8-12(17(20)21)14(13(9-10)18(22)23)16-11-6-4-3-5-7-11/h3-9,16H,2H2,1H3. The predicted molar refractivity (Wildman–Crippen MR) is 85.4 cm³/mol. The van der Waals surface area contributed by atoms with Gasteiger partial charge in [-0.3, -0.25) is 20.2 Å². The fraction of sp³-hybridized carbons (Fsp3) is 0.133. The summed E-state index contributed by atoms with van der Waals surface area (Å²) in [5, 5.41) is 25.3. The van der Waals surface area contributed by atoms with Crippen molar-refractivity contribution in [1.82, 2.24) is 0 Å². The number of nitrogens with one attached hydrogen (secondary N) is 1. The van der Waals surface area contributed by atoms with Crippen LogP contribution in [0.25, 0.3) is 0 Å². The third-order valence-corrected chi connectivity index (χ3v) is 3.04. The summed E-state index contributed by atoms with van der Waals surface area (Å²) >= 11 is 0. The number of rotatable bonds is 6. The van der Waals surface area contributed by atoms with Gasteiger partial charge in [-0.1, -0.05) is 18.2 Å². The minimum atomic E-state index is -0.866. The maximum atomic E-state index is 11.8. The van der Waals surface area contributed by atoms with Crippen molar-refractivity contribution in [2.24, 2.45) is 0 Å². The second-order valence-corrected chi connectivity index (χ2v) is 4.62. The number of hydrogen-bond donors (Lipinski definition) is 1. The summed E-state index contributed by atoms with van der Waals surface area (Å²) in [6, 6.07) is 10.2. The van der Waals surface area contributed by atoms with Gasteiger partial charge in [0.05, 0.1) is 22.0 Å². The van der Waals surface area contributed by atoms with Crippen LogP contribution in [0, 0.1) is 20.2 Å². The Kier molecular flexibility index (Phi) is 5.05. The van der Waals surface area contributed by atoms with E-state index in [0.29, 0.717) is 5.69 Å². The van der Waals surface area contributed by atoms with Crippen LogP contribution in [0.3, 0.4) is 0 Å². The van der Waals surface area contributed by atoms with Gasteiger partial charge in [0, 0.05) is 17.8 Å². The van der Waals surface area contributed by atoms with Crippen LogP contribution in [-0.2, 0) is 4.74 Å². The predicted octanol–water partition coefficient (Wildman–Crippen LogP) is 3.42. The van der Waals surface area contributed by atoms with Crippen molar-refractivity contribution < 1.29 is 19.4 Å². The zero-order valence-electron chi connectivity index (χ0n) is 12.6. The number of carbonyl (C=O) groups excluding carboxylic acids is 1. The Morgan fingerprint density at radius 3 is 2.08 bits per heavy atom. The number of nitrogens with zero attached hydrogens (tertiary/aromatic N) is 2. The van der Waals surface area contributed by atoms with Gasteiger partial charge >= 0.3 is 17.3 Å². The van der Waals surface area contributed by atoms with Crippen molar-refractivity contribution in [3.63, 3.8) is 0 Å². The highest BCUT2D eigenvalue weighted by molar-refractivity contribution is 5.94. The van der Waals surface area contributed by atoms with Crippen LogP contribution in [0.1, 0.15) is 17.3 Å². The maximum absolute atomic E-state index is 11.8. The Morgan fingerprint density at radius 1 is 1.08 bits per heavy atom. The lowest BCUT2D eigenvalue weighted by Crippen LogP contribution is -2.08. The molecule has 124 valence electrons. The van der Waals surface area contributed by atoms with Gasteiger partial charge in [0.2, 0.25) is 0 Å². The molecule has 1 N–H and O–H groups in total. The van der Waals surface area contributed by atoms with Crippen LogP contribution in [-0.4, -0.2) is 22.4 Å². The van der Waals surface area contributed by atoms with Crippen molar-refractivity contribution >= 4 is 28.7 Å². The minimum absolute atomic E-state index is 0.0461. The first-order valence-electron chi connectivity index (χ1n) is 6.90. The molecule has 24 heavy (non-hydrogen) atoms. The molecule has 0 fully saturated rings. The fourth-order valence-corrected chi connectivity index (χ4v) is 2.03. The Morgan fingerprint density at radius 2 is 1.62 bits per heavy atom. The number of benzene rings is 2. The second kappa shape index (κ2) is 7.18. The van der Waals surface area contributed by atoms with E-state index in [0.717, 1.165) is 12.1 Å². The summed E-state index contributed by atoms with van der Waals surface area (Å²) in [4.78, 5) is 32.8. The van der Waals surface area contributed by atoms with E-state index in [4.69, 9.17) is 4.74 Å². The van der Waals surface area contributed by atoms with Crippen LogP contribution in [0.15, 0.2) is 42.5 Å². The van der Waals surface area contributed by atoms with E-state index < -0.39 is 27.2 Å². The van der Waals surface area contributed by atoms with Crippen molar-refractivity contribution in [2.75, 3.05) is 11.9 Å². The molecule has 0 radical (unpaired) electrons. The quantitative estimate of drug-likeness (QED) is 0.488. The number of nitro groups is 2. The lowest BCUT2D eigenvalue weighted by molar-refractivity contribution is -0.392. The van der Waals surface area contributed by atoms with Gasteiger partial charge in [0.25, 0.3) is 0 Å². The van der Waals surface area contributed by atoms with Gasteiger partial charge in [0.1, 0.15) is 0 Å². The highest BCUT2D eigenvalue weighted by Crippen LogP contribution is 2.37. The number of esters is 1. The molecule has 2 rings (SSSR count). The minimum Gasteiger partial charge on any atom is -0.462 e. The molecule has 0 amide bonds. The largest absolute Gasteiger partial charge is 0.462 e. The van der Waals surface area contributed by atoms with E-state index in [1.807, 2.05) is 0 Å². The monoisotopic (exact) mass is 331 g/mol. The maximum Gasteiger partial charge on any atom is 0.338 e. The third kappa shape index (κ3) is 3.64. The first-order valence-corrected chi connectivity index (χ1v) is 6.90. The second-order valence-electron chi connectivity index (χ2n) is 4.62. The molecule has 0 aliphatic heterocycles. The summed E-state index contributed by atoms with van der Waals surface area (Å²) < 4.78 is 4.75. The molecule has 0 saturated carbocycles. The van der Waals surface area contributed by atoms with Crippen LogP contribution in [0.5, 0.6) is 0 Å². The van der Waals surface area contributed by atoms with E-state index in [-0.39, 0.29) is 17.9 Å². The van der Waals surface area contributed by atoms with Crippen molar-refractivity contribution in [3.8, 4) is 0 Å². The molecule has 0 bridgehead atoms. The Hall–Kier alpha value is -3.49. The topological polar surface area (TPSA) is 125 Å². The first kappa shape index (κ1) is 16.9. The smallest absolute Gasteiger partial charge is 0.338 e. The molecule has 0 spiro atoms. The van der Waals surface area contributed by atoms with Gasteiger partial charge < -0.3 is 10.1 Å². The van der Waals surface area contributed by atoms with E-state index >= 15 is 0 Å². The summed E-state index contributed by atoms with van der Waals surface area (Å²) in [6.07, 6.45) is 0. The van der Waals surface area contributed by atoms with Crippen molar-refractivity contribution in [1.29, 1.82) is 0 Å². The number of anilines is 2. The molecule has 0 saturated heterocycles. The Bertz CT molecular complexity index is 756.